The number of halogens is 2. The standard InChI is InChI=1S/C14H10F2N4O/c15-7-1-2-10(12(21)3-7)20-14-13-9(16)4-8(17)5-11(13)18-6-19-14/h1-6,21H,17H2,(H,18,19,20). The molecule has 0 saturated heterocycles. The summed E-state index contributed by atoms with van der Waals surface area (Å²) in [6.45, 7) is 0. The van der Waals surface area contributed by atoms with Crippen molar-refractivity contribution in [2.45, 2.75) is 0 Å². The van der Waals surface area contributed by atoms with E-state index in [-0.39, 0.29) is 28.3 Å². The Bertz CT molecular complexity index is 839. The number of nitrogens with two attached hydrogens (primary N) is 1. The van der Waals surface area contributed by atoms with Crippen LogP contribution in [-0.2, 0) is 0 Å². The highest BCUT2D eigenvalue weighted by molar-refractivity contribution is 5.93. The fourth-order valence-electron chi connectivity index (χ4n) is 1.99. The molecule has 3 rings (SSSR count). The van der Waals surface area contributed by atoms with Crippen molar-refractivity contribution < 1.29 is 13.9 Å². The molecular formula is C14H10F2N4O. The van der Waals surface area contributed by atoms with Gasteiger partial charge in [0.1, 0.15) is 29.5 Å². The first-order chi connectivity index (χ1) is 10.0. The predicted octanol–water partition coefficient (Wildman–Crippen LogP) is 2.94. The van der Waals surface area contributed by atoms with Gasteiger partial charge in [-0.25, -0.2) is 18.7 Å². The highest BCUT2D eigenvalue weighted by atomic mass is 19.1. The number of anilines is 3. The molecule has 3 aromatic rings. The number of phenolic OH excluding ortho intramolecular Hbond substituents is 1. The van der Waals surface area contributed by atoms with Crippen LogP contribution in [0.3, 0.4) is 0 Å². The van der Waals surface area contributed by atoms with E-state index in [1.807, 2.05) is 0 Å². The lowest BCUT2D eigenvalue weighted by Gasteiger charge is -2.10. The van der Waals surface area contributed by atoms with Gasteiger partial charge in [0.25, 0.3) is 0 Å². The Hall–Kier alpha value is -2.96. The lowest BCUT2D eigenvalue weighted by atomic mass is 10.2. The van der Waals surface area contributed by atoms with Gasteiger partial charge in [0.15, 0.2) is 0 Å². The number of aromatic nitrogens is 2. The van der Waals surface area contributed by atoms with Gasteiger partial charge in [-0.3, -0.25) is 0 Å². The van der Waals surface area contributed by atoms with Gasteiger partial charge in [-0.1, -0.05) is 0 Å². The van der Waals surface area contributed by atoms with E-state index in [1.54, 1.807) is 0 Å². The van der Waals surface area contributed by atoms with Crippen molar-refractivity contribution in [3.63, 3.8) is 0 Å². The predicted molar refractivity (Wildman–Crippen MR) is 75.3 cm³/mol. The van der Waals surface area contributed by atoms with Crippen LogP contribution in [0.5, 0.6) is 5.75 Å². The van der Waals surface area contributed by atoms with Gasteiger partial charge in [-0.2, -0.15) is 0 Å². The molecule has 2 aromatic carbocycles. The molecule has 0 fully saturated rings. The van der Waals surface area contributed by atoms with Gasteiger partial charge in [-0.15, -0.1) is 0 Å². The molecule has 0 saturated carbocycles. The monoisotopic (exact) mass is 288 g/mol. The van der Waals surface area contributed by atoms with Crippen LogP contribution in [0.15, 0.2) is 36.7 Å². The number of aromatic hydroxyl groups is 1. The molecule has 7 heteroatoms. The zero-order valence-corrected chi connectivity index (χ0v) is 10.6. The lowest BCUT2D eigenvalue weighted by molar-refractivity contribution is 0.471. The summed E-state index contributed by atoms with van der Waals surface area (Å²) >= 11 is 0. The van der Waals surface area contributed by atoms with Crippen LogP contribution in [0.1, 0.15) is 0 Å². The maximum atomic E-state index is 14.1. The topological polar surface area (TPSA) is 84.1 Å². The summed E-state index contributed by atoms with van der Waals surface area (Å²) in [5.41, 5.74) is 6.34. The SMILES string of the molecule is Nc1cc(F)c2c(Nc3ccc(F)cc3O)ncnc2c1. The Morgan fingerprint density at radius 2 is 1.90 bits per heavy atom. The zero-order chi connectivity index (χ0) is 15.0. The minimum absolute atomic E-state index is 0.135. The molecule has 4 N–H and O–H groups in total. The molecule has 0 bridgehead atoms. The maximum absolute atomic E-state index is 14.1. The molecule has 1 aromatic heterocycles. The third kappa shape index (κ3) is 2.40. The van der Waals surface area contributed by atoms with Crippen LogP contribution >= 0.6 is 0 Å². The van der Waals surface area contributed by atoms with Crippen molar-refractivity contribution in [2.75, 3.05) is 11.1 Å². The van der Waals surface area contributed by atoms with Gasteiger partial charge in [0, 0.05) is 11.8 Å². The molecule has 0 spiro atoms. The second kappa shape index (κ2) is 4.86. The van der Waals surface area contributed by atoms with Crippen molar-refractivity contribution in [3.8, 4) is 5.75 Å². The van der Waals surface area contributed by atoms with Crippen LogP contribution < -0.4 is 11.1 Å². The summed E-state index contributed by atoms with van der Waals surface area (Å²) in [5, 5.41) is 12.6. The van der Waals surface area contributed by atoms with Crippen molar-refractivity contribution >= 4 is 28.1 Å². The second-order valence-electron chi connectivity index (χ2n) is 4.41. The van der Waals surface area contributed by atoms with Crippen LogP contribution in [0.4, 0.5) is 26.0 Å². The number of hydrogen-bond acceptors (Lipinski definition) is 5. The van der Waals surface area contributed by atoms with E-state index in [0.717, 1.165) is 12.1 Å². The van der Waals surface area contributed by atoms with Crippen molar-refractivity contribution in [2.24, 2.45) is 0 Å². The molecule has 106 valence electrons. The Morgan fingerprint density at radius 1 is 1.10 bits per heavy atom. The third-order valence-corrected chi connectivity index (χ3v) is 2.93. The van der Waals surface area contributed by atoms with Crippen LogP contribution in [0.25, 0.3) is 10.9 Å². The first kappa shape index (κ1) is 13.0. The average Bonchev–Trinajstić information content (AvgIpc) is 2.41. The summed E-state index contributed by atoms with van der Waals surface area (Å²) in [6.07, 6.45) is 1.24. The average molecular weight is 288 g/mol. The number of hydrogen-bond donors (Lipinski definition) is 3. The number of benzene rings is 2. The molecule has 0 atom stereocenters. The Kier molecular flexibility index (Phi) is 3.02. The Labute approximate surface area is 118 Å². The third-order valence-electron chi connectivity index (χ3n) is 2.93. The van der Waals surface area contributed by atoms with E-state index in [4.69, 9.17) is 5.73 Å². The van der Waals surface area contributed by atoms with E-state index >= 15 is 0 Å². The molecule has 0 aliphatic heterocycles. The van der Waals surface area contributed by atoms with E-state index in [9.17, 15) is 13.9 Å². The molecule has 0 aliphatic carbocycles. The fraction of sp³-hybridized carbons (Fsp3) is 0. The van der Waals surface area contributed by atoms with Gasteiger partial charge in [0.05, 0.1) is 16.6 Å². The number of fused-ring (bicyclic) bond motifs is 1. The van der Waals surface area contributed by atoms with Crippen molar-refractivity contribution in [1.29, 1.82) is 0 Å². The quantitative estimate of drug-likeness (QED) is 0.499. The van der Waals surface area contributed by atoms with Gasteiger partial charge >= 0.3 is 0 Å². The fourth-order valence-corrected chi connectivity index (χ4v) is 1.99. The van der Waals surface area contributed by atoms with E-state index in [2.05, 4.69) is 15.3 Å². The number of phenols is 1. The number of rotatable bonds is 2. The van der Waals surface area contributed by atoms with E-state index in [0.29, 0.717) is 5.52 Å². The zero-order valence-electron chi connectivity index (χ0n) is 10.6. The normalized spacial score (nSPS) is 10.8. The highest BCUT2D eigenvalue weighted by Crippen LogP contribution is 2.31. The van der Waals surface area contributed by atoms with Crippen LogP contribution in [0.2, 0.25) is 0 Å². The largest absolute Gasteiger partial charge is 0.506 e. The first-order valence-electron chi connectivity index (χ1n) is 6.00. The molecule has 0 radical (unpaired) electrons. The van der Waals surface area contributed by atoms with Crippen molar-refractivity contribution in [1.82, 2.24) is 9.97 Å². The maximum Gasteiger partial charge on any atom is 0.144 e. The molecule has 21 heavy (non-hydrogen) atoms. The van der Waals surface area contributed by atoms with E-state index in [1.165, 1.54) is 24.5 Å². The summed E-state index contributed by atoms with van der Waals surface area (Å²) in [6, 6.07) is 6.10. The molecular weight excluding hydrogens is 278 g/mol. The number of nitrogen functional groups attached to an aromatic ring is 1. The molecule has 0 aliphatic rings. The highest BCUT2D eigenvalue weighted by Gasteiger charge is 2.12. The lowest BCUT2D eigenvalue weighted by Crippen LogP contribution is -1.99. The number of nitrogens with one attached hydrogen (secondary N) is 1. The van der Waals surface area contributed by atoms with Crippen LogP contribution in [0, 0.1) is 11.6 Å². The number of nitrogens with zero attached hydrogens (tertiary/aromatic N) is 2. The smallest absolute Gasteiger partial charge is 0.144 e. The Balaban J connectivity index is 2.12. The molecule has 1 heterocycles. The second-order valence-corrected chi connectivity index (χ2v) is 4.41. The molecule has 0 unspecified atom stereocenters. The van der Waals surface area contributed by atoms with Gasteiger partial charge in [0.2, 0.25) is 0 Å². The van der Waals surface area contributed by atoms with Gasteiger partial charge in [-0.05, 0) is 24.3 Å². The first-order valence-corrected chi connectivity index (χ1v) is 6.00. The summed E-state index contributed by atoms with van der Waals surface area (Å²) in [4.78, 5) is 7.90. The summed E-state index contributed by atoms with van der Waals surface area (Å²) < 4.78 is 27.0. The van der Waals surface area contributed by atoms with Gasteiger partial charge < -0.3 is 16.2 Å². The van der Waals surface area contributed by atoms with Crippen LogP contribution in [-0.4, -0.2) is 15.1 Å². The summed E-state index contributed by atoms with van der Waals surface area (Å²) in [5.74, 6) is -1.32. The molecule has 5 nitrogen and oxygen atoms in total. The minimum Gasteiger partial charge on any atom is -0.506 e. The minimum atomic E-state index is -0.588. The van der Waals surface area contributed by atoms with Crippen molar-refractivity contribution in [3.05, 3.63) is 48.3 Å². The summed E-state index contributed by atoms with van der Waals surface area (Å²) in [7, 11) is 0. The van der Waals surface area contributed by atoms with E-state index < -0.39 is 11.6 Å². The Morgan fingerprint density at radius 3 is 2.67 bits per heavy atom. The molecule has 0 amide bonds.